The quantitative estimate of drug-likeness (QED) is 0.667. The van der Waals surface area contributed by atoms with Gasteiger partial charge in [0, 0.05) is 24.7 Å². The smallest absolute Gasteiger partial charge is 0.253 e. The molecule has 1 aliphatic rings. The first-order valence-electron chi connectivity index (χ1n) is 8.19. The Morgan fingerprint density at radius 2 is 1.96 bits per heavy atom. The lowest BCUT2D eigenvalue weighted by molar-refractivity contribution is 0.339. The number of nitrogens with zero attached hydrogens (tertiary/aromatic N) is 1. The lowest BCUT2D eigenvalue weighted by Crippen LogP contribution is -2.42. The molecule has 3 rings (SSSR count). The van der Waals surface area contributed by atoms with Crippen molar-refractivity contribution in [1.82, 2.24) is 9.62 Å². The van der Waals surface area contributed by atoms with Crippen LogP contribution in [0.4, 0.5) is 0 Å². The molecule has 1 aliphatic heterocycles. The van der Waals surface area contributed by atoms with E-state index in [0.717, 1.165) is 5.56 Å². The number of rotatable bonds is 6. The Hall–Kier alpha value is -1.21. The van der Waals surface area contributed by atoms with Crippen LogP contribution >= 0.6 is 23.7 Å². The summed E-state index contributed by atoms with van der Waals surface area (Å²) in [4.78, 5) is 0. The fraction of sp³-hybridized carbons (Fsp3) is 0.375. The molecule has 8 nitrogen and oxygen atoms in total. The largest absolute Gasteiger partial charge is 0.497 e. The number of primary sulfonamides is 1. The molecule has 3 N–H and O–H groups in total. The van der Waals surface area contributed by atoms with Crippen LogP contribution in [-0.2, 0) is 26.6 Å². The van der Waals surface area contributed by atoms with E-state index < -0.39 is 20.0 Å². The summed E-state index contributed by atoms with van der Waals surface area (Å²) in [5, 5.41) is 8.43. The number of likely N-dealkylation sites (N-methyl/N-ethyl adjacent to an activating group) is 1. The highest BCUT2D eigenvalue weighted by Gasteiger charge is 2.39. The molecule has 0 aliphatic carbocycles. The van der Waals surface area contributed by atoms with Gasteiger partial charge in [0.1, 0.15) is 14.2 Å². The van der Waals surface area contributed by atoms with Gasteiger partial charge in [0.05, 0.1) is 7.11 Å². The van der Waals surface area contributed by atoms with E-state index in [9.17, 15) is 16.8 Å². The van der Waals surface area contributed by atoms with E-state index in [4.69, 9.17) is 9.88 Å². The van der Waals surface area contributed by atoms with Crippen molar-refractivity contribution >= 4 is 43.8 Å². The molecule has 1 atom stereocenters. The molecule has 0 bridgehead atoms. The summed E-state index contributed by atoms with van der Waals surface area (Å²) in [6.45, 7) is 2.90. The minimum Gasteiger partial charge on any atom is -0.497 e. The number of nitrogens with one attached hydrogen (secondary N) is 1. The van der Waals surface area contributed by atoms with Crippen molar-refractivity contribution in [3.8, 4) is 5.75 Å². The second kappa shape index (κ2) is 8.66. The highest BCUT2D eigenvalue weighted by molar-refractivity contribution is 7.94. The molecule has 0 spiro atoms. The maximum absolute atomic E-state index is 13.1. The lowest BCUT2D eigenvalue weighted by atomic mass is 10.1. The molecular weight excluding hydrogens is 446 g/mol. The number of halogens is 1. The number of hydrogen-bond acceptors (Lipinski definition) is 7. The molecule has 2 heterocycles. The molecule has 0 fully saturated rings. The summed E-state index contributed by atoms with van der Waals surface area (Å²) in [7, 11) is -6.24. The summed E-state index contributed by atoms with van der Waals surface area (Å²) < 4.78 is 55.9. The van der Waals surface area contributed by atoms with E-state index in [-0.39, 0.29) is 40.0 Å². The van der Waals surface area contributed by atoms with Crippen molar-refractivity contribution in [2.45, 2.75) is 27.9 Å². The Balaban J connectivity index is 0.00000280. The molecule has 12 heteroatoms. The van der Waals surface area contributed by atoms with Crippen LogP contribution in [0.2, 0.25) is 0 Å². The average Bonchev–Trinajstić information content (AvgIpc) is 3.07. The van der Waals surface area contributed by atoms with Gasteiger partial charge in [0.2, 0.25) is 10.0 Å². The zero-order valence-corrected chi connectivity index (χ0v) is 18.6. The van der Waals surface area contributed by atoms with Gasteiger partial charge >= 0.3 is 0 Å². The Bertz CT molecular complexity index is 1040. The van der Waals surface area contributed by atoms with E-state index in [0.29, 0.717) is 29.2 Å². The van der Waals surface area contributed by atoms with Gasteiger partial charge in [-0.3, -0.25) is 0 Å². The summed E-state index contributed by atoms with van der Waals surface area (Å²) >= 11 is 0.697. The maximum atomic E-state index is 13.1. The van der Waals surface area contributed by atoms with Crippen molar-refractivity contribution in [2.75, 3.05) is 20.2 Å². The first-order valence-corrected chi connectivity index (χ1v) is 12.0. The Morgan fingerprint density at radius 3 is 2.50 bits per heavy atom. The Labute approximate surface area is 175 Å². The number of thiophene rings is 1. The number of ether oxygens (including phenoxy) is 1. The fourth-order valence-corrected chi connectivity index (χ4v) is 7.23. The second-order valence-electron chi connectivity index (χ2n) is 6.11. The van der Waals surface area contributed by atoms with Gasteiger partial charge in [-0.1, -0.05) is 19.1 Å². The lowest BCUT2D eigenvalue weighted by Gasteiger charge is -2.32. The van der Waals surface area contributed by atoms with Crippen LogP contribution in [0.15, 0.2) is 38.8 Å². The zero-order chi connectivity index (χ0) is 19.8. The molecule has 28 heavy (non-hydrogen) atoms. The molecule has 156 valence electrons. The van der Waals surface area contributed by atoms with Crippen molar-refractivity contribution in [3.63, 3.8) is 0 Å². The molecule has 0 amide bonds. The molecule has 0 saturated heterocycles. The molecule has 1 aromatic heterocycles. The highest BCUT2D eigenvalue weighted by Crippen LogP contribution is 2.40. The van der Waals surface area contributed by atoms with Crippen LogP contribution in [0.5, 0.6) is 5.75 Å². The number of methoxy groups -OCH3 is 1. The Morgan fingerprint density at radius 1 is 1.32 bits per heavy atom. The van der Waals surface area contributed by atoms with E-state index in [1.165, 1.54) is 10.4 Å². The van der Waals surface area contributed by atoms with Gasteiger partial charge in [-0.2, -0.15) is 4.31 Å². The average molecular weight is 468 g/mol. The number of hydrogen-bond donors (Lipinski definition) is 2. The maximum Gasteiger partial charge on any atom is 0.253 e. The topological polar surface area (TPSA) is 119 Å². The second-order valence-corrected chi connectivity index (χ2v) is 11.1. The number of nitrogens with two attached hydrogens (primary N) is 1. The highest BCUT2D eigenvalue weighted by atomic mass is 35.5. The van der Waals surface area contributed by atoms with Crippen LogP contribution in [0.1, 0.15) is 24.1 Å². The van der Waals surface area contributed by atoms with Crippen molar-refractivity contribution in [3.05, 3.63) is 41.5 Å². The van der Waals surface area contributed by atoms with Crippen molar-refractivity contribution < 1.29 is 21.6 Å². The Kier molecular flexibility index (Phi) is 7.13. The van der Waals surface area contributed by atoms with Gasteiger partial charge in [-0.05, 0) is 30.3 Å². The van der Waals surface area contributed by atoms with E-state index >= 15 is 0 Å². The SMILES string of the molecule is CCN[C@H]1CN(Cc2ccc(OC)cc2)S(=O)(=O)c2sc(S(N)(=O)=O)cc21.Cl. The first kappa shape index (κ1) is 23.1. The van der Waals surface area contributed by atoms with Crippen LogP contribution < -0.4 is 15.2 Å². The third-order valence-corrected chi connectivity index (χ3v) is 9.20. The zero-order valence-electron chi connectivity index (χ0n) is 15.3. The van der Waals surface area contributed by atoms with Crippen molar-refractivity contribution in [2.24, 2.45) is 5.14 Å². The molecule has 0 radical (unpaired) electrons. The minimum atomic E-state index is -3.98. The van der Waals surface area contributed by atoms with Crippen LogP contribution in [0.3, 0.4) is 0 Å². The fourth-order valence-electron chi connectivity index (χ4n) is 2.97. The predicted octanol–water partition coefficient (Wildman–Crippen LogP) is 1.68. The van der Waals surface area contributed by atoms with Crippen molar-refractivity contribution in [1.29, 1.82) is 0 Å². The molecule has 0 saturated carbocycles. The van der Waals surface area contributed by atoms with Gasteiger partial charge in [-0.15, -0.1) is 23.7 Å². The molecular formula is C16H22ClN3O5S3. The monoisotopic (exact) mass is 467 g/mol. The minimum absolute atomic E-state index is 0. The first-order chi connectivity index (χ1) is 12.7. The predicted molar refractivity (Wildman–Crippen MR) is 110 cm³/mol. The normalized spacial score (nSPS) is 18.9. The standard InChI is InChI=1S/C16H21N3O5S3.ClH/c1-3-18-14-10-19(9-11-4-6-12(24-2)7-5-11)27(22,23)16-13(14)8-15(25-16)26(17,20)21;/h4-8,14,18H,3,9-10H2,1-2H3,(H2,17,20,21);1H/t14-;/m0./s1. The van der Waals surface area contributed by atoms with E-state index in [2.05, 4.69) is 5.32 Å². The molecule has 0 unspecified atom stereocenters. The third kappa shape index (κ3) is 4.51. The summed E-state index contributed by atoms with van der Waals surface area (Å²) in [6.07, 6.45) is 0. The van der Waals surface area contributed by atoms with Crippen LogP contribution in [0, 0.1) is 0 Å². The van der Waals surface area contributed by atoms with Gasteiger partial charge in [0.25, 0.3) is 10.0 Å². The molecule has 2 aromatic rings. The number of benzene rings is 1. The molecule has 1 aromatic carbocycles. The summed E-state index contributed by atoms with van der Waals surface area (Å²) in [5.41, 5.74) is 1.26. The van der Waals surface area contributed by atoms with Gasteiger partial charge < -0.3 is 10.1 Å². The van der Waals surface area contributed by atoms with Gasteiger partial charge in [-0.25, -0.2) is 22.0 Å². The number of sulfonamides is 2. The summed E-state index contributed by atoms with van der Waals surface area (Å²) in [6, 6.07) is 8.20. The third-order valence-electron chi connectivity index (χ3n) is 4.29. The van der Waals surface area contributed by atoms with Gasteiger partial charge in [0.15, 0.2) is 0 Å². The van der Waals surface area contributed by atoms with E-state index in [1.54, 1.807) is 31.4 Å². The van der Waals surface area contributed by atoms with Crippen LogP contribution in [-0.4, -0.2) is 41.3 Å². The summed E-state index contributed by atoms with van der Waals surface area (Å²) in [5.74, 6) is 0.684. The van der Waals surface area contributed by atoms with E-state index in [1.807, 2.05) is 6.92 Å². The number of fused-ring (bicyclic) bond motifs is 1. The van der Waals surface area contributed by atoms with Crippen LogP contribution in [0.25, 0.3) is 0 Å².